The summed E-state index contributed by atoms with van der Waals surface area (Å²) in [6.07, 6.45) is 2.96. The Bertz CT molecular complexity index is 722. The first-order chi connectivity index (χ1) is 10.1. The molecule has 0 amide bonds. The quantitative estimate of drug-likeness (QED) is 0.808. The fraction of sp³-hybridized carbons (Fsp3) is 0.333. The smallest absolute Gasteiger partial charge is 0.207 e. The molecule has 0 spiro atoms. The SMILES string of the molecule is O=S(=O)(NC1CCCc2sccc21)c1ccc(CBr)cc1. The van der Waals surface area contributed by atoms with E-state index in [1.807, 2.05) is 23.6 Å². The molecule has 1 aromatic heterocycles. The third-order valence-electron chi connectivity index (χ3n) is 3.74. The Kier molecular flexibility index (Phi) is 4.49. The monoisotopic (exact) mass is 385 g/mol. The van der Waals surface area contributed by atoms with Crippen molar-refractivity contribution in [1.82, 2.24) is 4.72 Å². The van der Waals surface area contributed by atoms with E-state index in [9.17, 15) is 8.42 Å². The summed E-state index contributed by atoms with van der Waals surface area (Å²) in [6.45, 7) is 0. The second kappa shape index (κ2) is 6.20. The number of hydrogen-bond acceptors (Lipinski definition) is 3. The predicted octanol–water partition coefficient (Wildman–Crippen LogP) is 4.00. The van der Waals surface area contributed by atoms with E-state index in [-0.39, 0.29) is 6.04 Å². The molecule has 1 heterocycles. The summed E-state index contributed by atoms with van der Waals surface area (Å²) >= 11 is 5.08. The Morgan fingerprint density at radius 3 is 2.71 bits per heavy atom. The van der Waals surface area contributed by atoms with E-state index in [0.29, 0.717) is 4.90 Å². The van der Waals surface area contributed by atoms with Crippen molar-refractivity contribution in [3.05, 3.63) is 51.7 Å². The second-order valence-corrected chi connectivity index (χ2v) is 8.42. The van der Waals surface area contributed by atoms with Crippen molar-refractivity contribution < 1.29 is 8.42 Å². The molecular weight excluding hydrogens is 370 g/mol. The standard InChI is InChI=1S/C15H16BrNO2S2/c16-10-11-4-6-12(7-5-11)21(18,19)17-14-2-1-3-15-13(14)8-9-20-15/h4-9,14,17H,1-3,10H2. The summed E-state index contributed by atoms with van der Waals surface area (Å²) in [6, 6.07) is 8.94. The number of aryl methyl sites for hydroxylation is 1. The molecule has 0 radical (unpaired) electrons. The summed E-state index contributed by atoms with van der Waals surface area (Å²) in [5.41, 5.74) is 2.21. The highest BCUT2D eigenvalue weighted by Gasteiger charge is 2.26. The second-order valence-electron chi connectivity index (χ2n) is 5.14. The number of nitrogens with one attached hydrogen (secondary N) is 1. The van der Waals surface area contributed by atoms with Crippen LogP contribution in [0, 0.1) is 0 Å². The van der Waals surface area contributed by atoms with Crippen molar-refractivity contribution in [3.63, 3.8) is 0 Å². The zero-order valence-electron chi connectivity index (χ0n) is 11.4. The summed E-state index contributed by atoms with van der Waals surface area (Å²) < 4.78 is 27.9. The van der Waals surface area contributed by atoms with Crippen LogP contribution in [0.15, 0.2) is 40.6 Å². The van der Waals surface area contributed by atoms with Gasteiger partial charge >= 0.3 is 0 Å². The summed E-state index contributed by atoms with van der Waals surface area (Å²) in [5.74, 6) is 0. The summed E-state index contributed by atoms with van der Waals surface area (Å²) in [5, 5.41) is 2.77. The lowest BCUT2D eigenvalue weighted by molar-refractivity contribution is 0.511. The minimum absolute atomic E-state index is 0.0964. The van der Waals surface area contributed by atoms with Crippen LogP contribution in [0.3, 0.4) is 0 Å². The number of halogens is 1. The van der Waals surface area contributed by atoms with E-state index < -0.39 is 10.0 Å². The number of hydrogen-bond donors (Lipinski definition) is 1. The Morgan fingerprint density at radius 1 is 1.24 bits per heavy atom. The van der Waals surface area contributed by atoms with Crippen molar-refractivity contribution in [1.29, 1.82) is 0 Å². The molecule has 3 nitrogen and oxygen atoms in total. The molecule has 1 atom stereocenters. The largest absolute Gasteiger partial charge is 0.241 e. The first kappa shape index (κ1) is 15.2. The molecule has 0 saturated carbocycles. The fourth-order valence-electron chi connectivity index (χ4n) is 2.62. The van der Waals surface area contributed by atoms with Gasteiger partial charge in [0.15, 0.2) is 0 Å². The van der Waals surface area contributed by atoms with E-state index in [4.69, 9.17) is 0 Å². The van der Waals surface area contributed by atoms with Crippen LogP contribution in [0.25, 0.3) is 0 Å². The van der Waals surface area contributed by atoms with Gasteiger partial charge in [0.05, 0.1) is 4.90 Å². The van der Waals surface area contributed by atoms with E-state index >= 15 is 0 Å². The molecule has 0 saturated heterocycles. The number of sulfonamides is 1. The Labute approximate surface area is 137 Å². The van der Waals surface area contributed by atoms with Crippen molar-refractivity contribution in [3.8, 4) is 0 Å². The number of rotatable bonds is 4. The molecule has 0 bridgehead atoms. The third-order valence-corrected chi connectivity index (χ3v) is 6.87. The van der Waals surface area contributed by atoms with Crippen LogP contribution in [0.2, 0.25) is 0 Å². The molecule has 0 aliphatic heterocycles. The van der Waals surface area contributed by atoms with Crippen LogP contribution in [0.4, 0.5) is 0 Å². The number of alkyl halides is 1. The predicted molar refractivity (Wildman–Crippen MR) is 89.4 cm³/mol. The van der Waals surface area contributed by atoms with Crippen molar-refractivity contribution in [2.75, 3.05) is 0 Å². The maximum atomic E-state index is 12.5. The van der Waals surface area contributed by atoms with Crippen LogP contribution in [-0.4, -0.2) is 8.42 Å². The van der Waals surface area contributed by atoms with Gasteiger partial charge in [-0.15, -0.1) is 11.3 Å². The molecule has 6 heteroatoms. The maximum absolute atomic E-state index is 12.5. The van der Waals surface area contributed by atoms with Gasteiger partial charge in [0.1, 0.15) is 0 Å². The highest BCUT2D eigenvalue weighted by atomic mass is 79.9. The first-order valence-corrected chi connectivity index (χ1v) is 10.3. The van der Waals surface area contributed by atoms with Gasteiger partial charge in [0.2, 0.25) is 10.0 Å². The van der Waals surface area contributed by atoms with Crippen LogP contribution < -0.4 is 4.72 Å². The van der Waals surface area contributed by atoms with Gasteiger partial charge in [0, 0.05) is 16.2 Å². The van der Waals surface area contributed by atoms with Gasteiger partial charge in [-0.3, -0.25) is 0 Å². The zero-order chi connectivity index (χ0) is 14.9. The zero-order valence-corrected chi connectivity index (χ0v) is 14.6. The van der Waals surface area contributed by atoms with Crippen molar-refractivity contribution in [2.45, 2.75) is 35.5 Å². The van der Waals surface area contributed by atoms with E-state index in [2.05, 4.69) is 20.7 Å². The molecule has 112 valence electrons. The van der Waals surface area contributed by atoms with Gasteiger partial charge in [-0.2, -0.15) is 0 Å². The molecule has 1 aliphatic rings. The summed E-state index contributed by atoms with van der Waals surface area (Å²) in [7, 11) is -3.47. The fourth-order valence-corrected chi connectivity index (χ4v) is 5.23. The molecule has 3 rings (SSSR count). The lowest BCUT2D eigenvalue weighted by Gasteiger charge is -2.23. The lowest BCUT2D eigenvalue weighted by atomic mass is 9.95. The molecule has 1 N–H and O–H groups in total. The van der Waals surface area contributed by atoms with Crippen LogP contribution in [-0.2, 0) is 21.8 Å². The van der Waals surface area contributed by atoms with Crippen LogP contribution >= 0.6 is 27.3 Å². The highest BCUT2D eigenvalue weighted by molar-refractivity contribution is 9.08. The molecule has 1 aromatic carbocycles. The van der Waals surface area contributed by atoms with Gasteiger partial charge in [-0.1, -0.05) is 28.1 Å². The van der Waals surface area contributed by atoms with Crippen LogP contribution in [0.5, 0.6) is 0 Å². The molecular formula is C15H16BrNO2S2. The highest BCUT2D eigenvalue weighted by Crippen LogP contribution is 2.34. The van der Waals surface area contributed by atoms with Gasteiger partial charge in [0.25, 0.3) is 0 Å². The topological polar surface area (TPSA) is 46.2 Å². The summed E-state index contributed by atoms with van der Waals surface area (Å²) in [4.78, 5) is 1.64. The molecule has 21 heavy (non-hydrogen) atoms. The third kappa shape index (κ3) is 3.23. The lowest BCUT2D eigenvalue weighted by Crippen LogP contribution is -2.30. The van der Waals surface area contributed by atoms with Gasteiger partial charge in [-0.05, 0) is 54.0 Å². The molecule has 1 unspecified atom stereocenters. The minimum Gasteiger partial charge on any atom is -0.207 e. The molecule has 0 fully saturated rings. The van der Waals surface area contributed by atoms with Gasteiger partial charge < -0.3 is 0 Å². The average molecular weight is 386 g/mol. The van der Waals surface area contributed by atoms with Gasteiger partial charge in [-0.25, -0.2) is 13.1 Å². The van der Waals surface area contributed by atoms with E-state index in [0.717, 1.165) is 35.7 Å². The average Bonchev–Trinajstić information content (AvgIpc) is 2.97. The number of fused-ring (bicyclic) bond motifs is 1. The number of benzene rings is 1. The minimum atomic E-state index is -3.47. The first-order valence-electron chi connectivity index (χ1n) is 6.83. The van der Waals surface area contributed by atoms with Crippen molar-refractivity contribution >= 4 is 37.3 Å². The van der Waals surface area contributed by atoms with E-state index in [1.54, 1.807) is 23.5 Å². The molecule has 2 aromatic rings. The van der Waals surface area contributed by atoms with Crippen LogP contribution in [0.1, 0.15) is 34.9 Å². The Hall–Kier alpha value is -0.690. The van der Waals surface area contributed by atoms with Crippen molar-refractivity contribution in [2.24, 2.45) is 0 Å². The Morgan fingerprint density at radius 2 is 2.00 bits per heavy atom. The Balaban J connectivity index is 1.84. The maximum Gasteiger partial charge on any atom is 0.241 e. The molecule has 1 aliphatic carbocycles. The van der Waals surface area contributed by atoms with E-state index in [1.165, 1.54) is 4.88 Å². The number of thiophene rings is 1. The normalized spacial score (nSPS) is 18.4.